The SMILES string of the molecule is CCC(Oc1ccc(C)c(C)c1)C(=O)N1CCN(c2ccccc2OC)CC1. The lowest BCUT2D eigenvalue weighted by atomic mass is 10.1. The first-order valence-electron chi connectivity index (χ1n) is 9.94. The van der Waals surface area contributed by atoms with E-state index in [4.69, 9.17) is 9.47 Å². The van der Waals surface area contributed by atoms with E-state index in [2.05, 4.69) is 24.8 Å². The molecule has 3 rings (SSSR count). The summed E-state index contributed by atoms with van der Waals surface area (Å²) in [4.78, 5) is 17.2. The number of carbonyl (C=O) groups excluding carboxylic acids is 1. The van der Waals surface area contributed by atoms with E-state index in [-0.39, 0.29) is 5.91 Å². The lowest BCUT2D eigenvalue weighted by molar-refractivity contribution is -0.139. The molecule has 2 aromatic rings. The number of methoxy groups -OCH3 is 1. The molecule has 0 saturated carbocycles. The predicted octanol–water partition coefficient (Wildman–Crippen LogP) is 3.82. The molecule has 0 aliphatic carbocycles. The Morgan fingerprint density at radius 2 is 1.75 bits per heavy atom. The van der Waals surface area contributed by atoms with Gasteiger partial charge in [0.2, 0.25) is 0 Å². The van der Waals surface area contributed by atoms with Crippen LogP contribution in [-0.2, 0) is 4.79 Å². The third-order valence-corrected chi connectivity index (χ3v) is 5.42. The van der Waals surface area contributed by atoms with Crippen molar-refractivity contribution < 1.29 is 14.3 Å². The van der Waals surface area contributed by atoms with E-state index in [0.717, 1.165) is 30.3 Å². The molecule has 0 aromatic heterocycles. The summed E-state index contributed by atoms with van der Waals surface area (Å²) in [7, 11) is 1.69. The maximum atomic E-state index is 13.0. The number of nitrogens with zero attached hydrogens (tertiary/aromatic N) is 2. The summed E-state index contributed by atoms with van der Waals surface area (Å²) in [6.45, 7) is 9.06. The molecule has 0 N–H and O–H groups in total. The van der Waals surface area contributed by atoms with Gasteiger partial charge in [0.05, 0.1) is 12.8 Å². The van der Waals surface area contributed by atoms with Gasteiger partial charge < -0.3 is 19.3 Å². The highest BCUT2D eigenvalue weighted by Crippen LogP contribution is 2.28. The molecule has 0 bridgehead atoms. The Morgan fingerprint density at radius 3 is 2.39 bits per heavy atom. The molecule has 1 heterocycles. The van der Waals surface area contributed by atoms with Crippen molar-refractivity contribution in [1.29, 1.82) is 0 Å². The molecule has 1 unspecified atom stereocenters. The third kappa shape index (κ3) is 4.41. The van der Waals surface area contributed by atoms with E-state index >= 15 is 0 Å². The second kappa shape index (κ2) is 9.00. The number of hydrogen-bond donors (Lipinski definition) is 0. The first-order chi connectivity index (χ1) is 13.5. The van der Waals surface area contributed by atoms with Gasteiger partial charge in [0, 0.05) is 26.2 Å². The van der Waals surface area contributed by atoms with Gasteiger partial charge in [-0.25, -0.2) is 0 Å². The minimum absolute atomic E-state index is 0.0698. The van der Waals surface area contributed by atoms with Crippen LogP contribution in [0.25, 0.3) is 0 Å². The number of benzene rings is 2. The summed E-state index contributed by atoms with van der Waals surface area (Å²) >= 11 is 0. The van der Waals surface area contributed by atoms with Gasteiger partial charge in [0.25, 0.3) is 5.91 Å². The summed E-state index contributed by atoms with van der Waals surface area (Å²) in [5.74, 6) is 1.70. The summed E-state index contributed by atoms with van der Waals surface area (Å²) in [5, 5.41) is 0. The maximum Gasteiger partial charge on any atom is 0.263 e. The number of hydrogen-bond acceptors (Lipinski definition) is 4. The number of ether oxygens (including phenoxy) is 2. The number of amides is 1. The van der Waals surface area contributed by atoms with Crippen LogP contribution in [0.4, 0.5) is 5.69 Å². The van der Waals surface area contributed by atoms with Crippen molar-refractivity contribution in [3.8, 4) is 11.5 Å². The Morgan fingerprint density at radius 1 is 1.04 bits per heavy atom. The first kappa shape index (κ1) is 20.1. The lowest BCUT2D eigenvalue weighted by Crippen LogP contribution is -2.52. The van der Waals surface area contributed by atoms with Crippen LogP contribution in [-0.4, -0.2) is 50.2 Å². The van der Waals surface area contributed by atoms with Crippen LogP contribution in [0.5, 0.6) is 11.5 Å². The van der Waals surface area contributed by atoms with E-state index in [0.29, 0.717) is 19.5 Å². The van der Waals surface area contributed by atoms with E-state index in [1.165, 1.54) is 11.1 Å². The Balaban J connectivity index is 1.62. The van der Waals surface area contributed by atoms with Crippen molar-refractivity contribution in [3.63, 3.8) is 0 Å². The molecule has 1 aliphatic rings. The second-order valence-corrected chi connectivity index (χ2v) is 7.24. The number of aryl methyl sites for hydroxylation is 2. The number of rotatable bonds is 6. The average Bonchev–Trinajstić information content (AvgIpc) is 2.74. The molecular formula is C23H30N2O3. The van der Waals surface area contributed by atoms with Crippen molar-refractivity contribution in [2.75, 3.05) is 38.2 Å². The minimum atomic E-state index is -0.445. The first-order valence-corrected chi connectivity index (χ1v) is 9.94. The van der Waals surface area contributed by atoms with Gasteiger partial charge in [-0.3, -0.25) is 4.79 Å². The smallest absolute Gasteiger partial charge is 0.263 e. The average molecular weight is 383 g/mol. The number of carbonyl (C=O) groups is 1. The Labute approximate surface area is 167 Å². The molecule has 5 nitrogen and oxygen atoms in total. The summed E-state index contributed by atoms with van der Waals surface area (Å²) in [6, 6.07) is 14.0. The normalized spacial score (nSPS) is 15.3. The van der Waals surface area contributed by atoms with E-state index in [9.17, 15) is 4.79 Å². The highest BCUT2D eigenvalue weighted by Gasteiger charge is 2.28. The molecule has 1 amide bonds. The largest absolute Gasteiger partial charge is 0.495 e. The van der Waals surface area contributed by atoms with Crippen LogP contribution < -0.4 is 14.4 Å². The monoisotopic (exact) mass is 382 g/mol. The minimum Gasteiger partial charge on any atom is -0.495 e. The van der Waals surface area contributed by atoms with E-state index < -0.39 is 6.10 Å². The van der Waals surface area contributed by atoms with Crippen LogP contribution in [0.1, 0.15) is 24.5 Å². The molecule has 1 fully saturated rings. The van der Waals surface area contributed by atoms with Gasteiger partial charge in [0.1, 0.15) is 11.5 Å². The Bertz CT molecular complexity index is 813. The van der Waals surface area contributed by atoms with Gasteiger partial charge in [-0.15, -0.1) is 0 Å². The fourth-order valence-corrected chi connectivity index (χ4v) is 3.52. The quantitative estimate of drug-likeness (QED) is 0.762. The highest BCUT2D eigenvalue weighted by molar-refractivity contribution is 5.81. The van der Waals surface area contributed by atoms with Crippen molar-refractivity contribution in [2.24, 2.45) is 0 Å². The van der Waals surface area contributed by atoms with Crippen LogP contribution >= 0.6 is 0 Å². The van der Waals surface area contributed by atoms with Crippen molar-refractivity contribution in [1.82, 2.24) is 4.90 Å². The summed E-state index contributed by atoms with van der Waals surface area (Å²) in [5.41, 5.74) is 3.47. The van der Waals surface area contributed by atoms with Gasteiger partial charge in [-0.2, -0.15) is 0 Å². The van der Waals surface area contributed by atoms with E-state index in [1.807, 2.05) is 48.2 Å². The molecule has 1 aliphatic heterocycles. The maximum absolute atomic E-state index is 13.0. The summed E-state index contributed by atoms with van der Waals surface area (Å²) < 4.78 is 11.5. The topological polar surface area (TPSA) is 42.0 Å². The summed E-state index contributed by atoms with van der Waals surface area (Å²) in [6.07, 6.45) is 0.207. The van der Waals surface area contributed by atoms with Gasteiger partial charge in [0.15, 0.2) is 6.10 Å². The number of piperazine rings is 1. The molecule has 5 heteroatoms. The van der Waals surface area contributed by atoms with Crippen LogP contribution in [0.2, 0.25) is 0 Å². The standard InChI is InChI=1S/C23H30N2O3/c1-5-21(28-19-11-10-17(2)18(3)16-19)23(26)25-14-12-24(13-15-25)20-8-6-7-9-22(20)27-4/h6-11,16,21H,5,12-15H2,1-4H3. The molecule has 0 radical (unpaired) electrons. The van der Waals surface area contributed by atoms with Crippen LogP contribution in [0.3, 0.4) is 0 Å². The van der Waals surface area contributed by atoms with Crippen molar-refractivity contribution in [2.45, 2.75) is 33.3 Å². The number of para-hydroxylation sites is 2. The van der Waals surface area contributed by atoms with Crippen LogP contribution in [0.15, 0.2) is 42.5 Å². The second-order valence-electron chi connectivity index (χ2n) is 7.24. The zero-order valence-corrected chi connectivity index (χ0v) is 17.3. The van der Waals surface area contributed by atoms with Crippen LogP contribution in [0, 0.1) is 13.8 Å². The van der Waals surface area contributed by atoms with Gasteiger partial charge in [-0.05, 0) is 55.7 Å². The predicted molar refractivity (Wildman–Crippen MR) is 112 cm³/mol. The fraction of sp³-hybridized carbons (Fsp3) is 0.435. The van der Waals surface area contributed by atoms with Crippen molar-refractivity contribution in [3.05, 3.63) is 53.6 Å². The molecule has 1 atom stereocenters. The Hall–Kier alpha value is -2.69. The molecular weight excluding hydrogens is 352 g/mol. The molecule has 1 saturated heterocycles. The zero-order chi connectivity index (χ0) is 20.1. The van der Waals surface area contributed by atoms with Gasteiger partial charge >= 0.3 is 0 Å². The zero-order valence-electron chi connectivity index (χ0n) is 17.3. The highest BCUT2D eigenvalue weighted by atomic mass is 16.5. The molecule has 0 spiro atoms. The fourth-order valence-electron chi connectivity index (χ4n) is 3.52. The third-order valence-electron chi connectivity index (χ3n) is 5.42. The molecule has 2 aromatic carbocycles. The Kier molecular flexibility index (Phi) is 6.45. The lowest BCUT2D eigenvalue weighted by Gasteiger charge is -2.37. The molecule has 28 heavy (non-hydrogen) atoms. The van der Waals surface area contributed by atoms with Gasteiger partial charge in [-0.1, -0.05) is 25.1 Å². The van der Waals surface area contributed by atoms with Crippen molar-refractivity contribution >= 4 is 11.6 Å². The van der Waals surface area contributed by atoms with E-state index in [1.54, 1.807) is 7.11 Å². The molecule has 150 valence electrons. The number of anilines is 1.